The summed E-state index contributed by atoms with van der Waals surface area (Å²) in [6.07, 6.45) is 4.63. The summed E-state index contributed by atoms with van der Waals surface area (Å²) in [5.74, 6) is -0.208. The topological polar surface area (TPSA) is 60.3 Å². The van der Waals surface area contributed by atoms with Crippen LogP contribution in [0, 0.1) is 0 Å². The Morgan fingerprint density at radius 1 is 1.31 bits per heavy atom. The van der Waals surface area contributed by atoms with Gasteiger partial charge in [0.25, 0.3) is 0 Å². The first-order valence-electron chi connectivity index (χ1n) is 5.31. The molecule has 0 spiro atoms. The molecule has 0 bridgehead atoms. The van der Waals surface area contributed by atoms with Crippen molar-refractivity contribution in [2.75, 3.05) is 27.2 Å². The van der Waals surface area contributed by atoms with Gasteiger partial charge in [-0.05, 0) is 19.9 Å². The molecule has 1 aliphatic rings. The number of hydrogen-bond acceptors (Lipinski definition) is 5. The number of esters is 1. The number of carbonyl (C=O) groups is 1. The Bertz CT molecular complexity index is 355. The molecule has 0 N–H and O–H groups in total. The second-order valence-corrected chi connectivity index (χ2v) is 4.20. The molecule has 6 heteroatoms. The van der Waals surface area contributed by atoms with Crippen LogP contribution in [-0.4, -0.2) is 52.9 Å². The number of ether oxygens (including phenoxy) is 1. The average Bonchev–Trinajstić information content (AvgIpc) is 2.83. The summed E-state index contributed by atoms with van der Waals surface area (Å²) in [4.78, 5) is 14.2. The fraction of sp³-hybridized carbons (Fsp3) is 0.700. The van der Waals surface area contributed by atoms with Crippen LogP contribution in [0.5, 0.6) is 0 Å². The van der Waals surface area contributed by atoms with Gasteiger partial charge in [-0.15, -0.1) is 10.2 Å². The van der Waals surface area contributed by atoms with Crippen molar-refractivity contribution in [3.63, 3.8) is 0 Å². The molecule has 0 amide bonds. The summed E-state index contributed by atoms with van der Waals surface area (Å²) in [6, 6.07) is 0. The number of piperidine rings is 1. The third-order valence-electron chi connectivity index (χ3n) is 3.29. The lowest BCUT2D eigenvalue weighted by Crippen LogP contribution is -2.50. The molecule has 2 rings (SSSR count). The number of methoxy groups -OCH3 is 1. The Balaban J connectivity index is 2.30. The van der Waals surface area contributed by atoms with Crippen LogP contribution in [-0.2, 0) is 15.1 Å². The molecule has 0 saturated carbocycles. The smallest absolute Gasteiger partial charge is 0.332 e. The highest BCUT2D eigenvalue weighted by molar-refractivity contribution is 5.79. The highest BCUT2D eigenvalue weighted by Gasteiger charge is 2.43. The number of rotatable bonds is 2. The third-order valence-corrected chi connectivity index (χ3v) is 3.29. The normalized spacial score (nSPS) is 20.6. The quantitative estimate of drug-likeness (QED) is 0.655. The van der Waals surface area contributed by atoms with E-state index in [-0.39, 0.29) is 5.97 Å². The van der Waals surface area contributed by atoms with Crippen LogP contribution in [0.4, 0.5) is 0 Å². The molecule has 1 fully saturated rings. The van der Waals surface area contributed by atoms with Crippen LogP contribution in [0.1, 0.15) is 12.8 Å². The molecule has 1 aliphatic heterocycles. The van der Waals surface area contributed by atoms with E-state index in [0.717, 1.165) is 25.9 Å². The number of hydrogen-bond donors (Lipinski definition) is 0. The van der Waals surface area contributed by atoms with Crippen LogP contribution in [0.25, 0.3) is 0 Å². The Kier molecular flexibility index (Phi) is 2.91. The van der Waals surface area contributed by atoms with Crippen molar-refractivity contribution in [2.24, 2.45) is 0 Å². The fourth-order valence-corrected chi connectivity index (χ4v) is 2.17. The Morgan fingerprint density at radius 3 is 2.38 bits per heavy atom. The highest BCUT2D eigenvalue weighted by Crippen LogP contribution is 2.30. The van der Waals surface area contributed by atoms with E-state index in [1.807, 2.05) is 7.05 Å². The van der Waals surface area contributed by atoms with E-state index in [0.29, 0.717) is 0 Å². The predicted molar refractivity (Wildman–Crippen MR) is 56.7 cm³/mol. The second kappa shape index (κ2) is 4.21. The van der Waals surface area contributed by atoms with Gasteiger partial charge in [0.05, 0.1) is 7.11 Å². The minimum Gasteiger partial charge on any atom is -0.467 e. The van der Waals surface area contributed by atoms with Gasteiger partial charge < -0.3 is 14.2 Å². The van der Waals surface area contributed by atoms with Gasteiger partial charge in [0.2, 0.25) is 0 Å². The molecule has 0 unspecified atom stereocenters. The van der Waals surface area contributed by atoms with E-state index in [4.69, 9.17) is 4.74 Å². The Morgan fingerprint density at radius 2 is 1.88 bits per heavy atom. The molecule has 2 heterocycles. The molecule has 0 aromatic carbocycles. The molecule has 1 aromatic heterocycles. The summed E-state index contributed by atoms with van der Waals surface area (Å²) < 4.78 is 6.69. The van der Waals surface area contributed by atoms with Crippen LogP contribution >= 0.6 is 0 Å². The molecule has 0 aliphatic carbocycles. The molecule has 1 saturated heterocycles. The first-order chi connectivity index (χ1) is 7.69. The van der Waals surface area contributed by atoms with E-state index >= 15 is 0 Å². The van der Waals surface area contributed by atoms with Crippen molar-refractivity contribution in [2.45, 2.75) is 18.4 Å². The van der Waals surface area contributed by atoms with Crippen LogP contribution in [0.15, 0.2) is 12.7 Å². The van der Waals surface area contributed by atoms with E-state index in [9.17, 15) is 4.79 Å². The molecular formula is C10H16N4O2. The van der Waals surface area contributed by atoms with E-state index in [1.54, 1.807) is 17.2 Å². The minimum absolute atomic E-state index is 0.208. The minimum atomic E-state index is -0.620. The third kappa shape index (κ3) is 1.69. The van der Waals surface area contributed by atoms with Crippen molar-refractivity contribution >= 4 is 5.97 Å². The number of carbonyl (C=O) groups excluding carboxylic acids is 1. The summed E-state index contributed by atoms with van der Waals surface area (Å²) >= 11 is 0. The van der Waals surface area contributed by atoms with Gasteiger partial charge in [0.15, 0.2) is 0 Å². The summed E-state index contributed by atoms with van der Waals surface area (Å²) in [6.45, 7) is 1.74. The number of nitrogens with zero attached hydrogens (tertiary/aromatic N) is 4. The lowest BCUT2D eigenvalue weighted by atomic mass is 9.87. The average molecular weight is 224 g/mol. The lowest BCUT2D eigenvalue weighted by Gasteiger charge is -2.38. The molecule has 88 valence electrons. The molecule has 0 atom stereocenters. The van der Waals surface area contributed by atoms with Crippen LogP contribution in [0.2, 0.25) is 0 Å². The zero-order chi connectivity index (χ0) is 11.6. The Hall–Kier alpha value is -1.43. The summed E-state index contributed by atoms with van der Waals surface area (Å²) in [7, 11) is 3.47. The number of aromatic nitrogens is 3. The monoisotopic (exact) mass is 224 g/mol. The molecule has 1 aromatic rings. The fourth-order valence-electron chi connectivity index (χ4n) is 2.17. The van der Waals surface area contributed by atoms with Gasteiger partial charge in [0.1, 0.15) is 18.2 Å². The maximum absolute atomic E-state index is 12.0. The van der Waals surface area contributed by atoms with Gasteiger partial charge in [-0.25, -0.2) is 4.79 Å². The largest absolute Gasteiger partial charge is 0.467 e. The lowest BCUT2D eigenvalue weighted by molar-refractivity contribution is -0.154. The number of likely N-dealkylation sites (tertiary alicyclic amines) is 1. The molecule has 6 nitrogen and oxygen atoms in total. The van der Waals surface area contributed by atoms with E-state index in [1.165, 1.54) is 7.11 Å². The van der Waals surface area contributed by atoms with Gasteiger partial charge in [-0.2, -0.15) is 0 Å². The van der Waals surface area contributed by atoms with Crippen molar-refractivity contribution in [3.8, 4) is 0 Å². The maximum Gasteiger partial charge on any atom is 0.332 e. The van der Waals surface area contributed by atoms with Crippen molar-refractivity contribution in [3.05, 3.63) is 12.7 Å². The van der Waals surface area contributed by atoms with Crippen molar-refractivity contribution in [1.29, 1.82) is 0 Å². The summed E-state index contributed by atoms with van der Waals surface area (Å²) in [5.41, 5.74) is -0.620. The Labute approximate surface area is 94.2 Å². The van der Waals surface area contributed by atoms with Crippen molar-refractivity contribution in [1.82, 2.24) is 19.7 Å². The SMILES string of the molecule is COC(=O)C1(n2cnnc2)CCN(C)CC1. The predicted octanol–water partition coefficient (Wildman–Crippen LogP) is -0.128. The second-order valence-electron chi connectivity index (χ2n) is 4.20. The van der Waals surface area contributed by atoms with Crippen LogP contribution < -0.4 is 0 Å². The van der Waals surface area contributed by atoms with E-state index in [2.05, 4.69) is 15.1 Å². The van der Waals surface area contributed by atoms with Gasteiger partial charge in [-0.3, -0.25) is 0 Å². The van der Waals surface area contributed by atoms with Crippen molar-refractivity contribution < 1.29 is 9.53 Å². The zero-order valence-electron chi connectivity index (χ0n) is 9.59. The van der Waals surface area contributed by atoms with E-state index < -0.39 is 5.54 Å². The van der Waals surface area contributed by atoms with Gasteiger partial charge in [-0.1, -0.05) is 0 Å². The molecule has 16 heavy (non-hydrogen) atoms. The summed E-state index contributed by atoms with van der Waals surface area (Å²) in [5, 5.41) is 7.54. The van der Waals surface area contributed by atoms with Gasteiger partial charge >= 0.3 is 5.97 Å². The van der Waals surface area contributed by atoms with Gasteiger partial charge in [0, 0.05) is 13.1 Å². The first kappa shape index (κ1) is 11.1. The standard InChI is InChI=1S/C10H16N4O2/c1-13-5-3-10(4-6-13,9(15)16-2)14-7-11-12-8-14/h7-8H,3-6H2,1-2H3. The van der Waals surface area contributed by atoms with Crippen LogP contribution in [0.3, 0.4) is 0 Å². The molecule has 0 radical (unpaired) electrons. The zero-order valence-corrected chi connectivity index (χ0v) is 9.59. The maximum atomic E-state index is 12.0. The highest BCUT2D eigenvalue weighted by atomic mass is 16.5. The first-order valence-corrected chi connectivity index (χ1v) is 5.31. The molecular weight excluding hydrogens is 208 g/mol.